The SMILES string of the molecule is O=S(=O)(NC1(c2ccccc2)CCC1)c1ccccc1Cl. The molecule has 0 spiro atoms. The second-order valence-electron chi connectivity index (χ2n) is 5.34. The minimum atomic E-state index is -3.64. The molecule has 1 aliphatic rings. The van der Waals surface area contributed by atoms with Gasteiger partial charge < -0.3 is 0 Å². The predicted molar refractivity (Wildman–Crippen MR) is 83.7 cm³/mol. The number of hydrogen-bond acceptors (Lipinski definition) is 2. The normalized spacial score (nSPS) is 17.2. The molecule has 2 aromatic rings. The van der Waals surface area contributed by atoms with Crippen LogP contribution in [0.4, 0.5) is 0 Å². The summed E-state index contributed by atoms with van der Waals surface area (Å²) in [6.45, 7) is 0. The molecule has 21 heavy (non-hydrogen) atoms. The lowest BCUT2D eigenvalue weighted by molar-refractivity contribution is 0.224. The first-order valence-corrected chi connectivity index (χ1v) is 8.74. The summed E-state index contributed by atoms with van der Waals surface area (Å²) in [7, 11) is -3.64. The van der Waals surface area contributed by atoms with E-state index in [0.29, 0.717) is 0 Å². The van der Waals surface area contributed by atoms with Crippen LogP contribution in [0.15, 0.2) is 59.5 Å². The molecule has 0 unspecified atom stereocenters. The number of sulfonamides is 1. The molecule has 5 heteroatoms. The first-order chi connectivity index (χ1) is 10.0. The molecule has 2 aromatic carbocycles. The van der Waals surface area contributed by atoms with Gasteiger partial charge in [-0.25, -0.2) is 13.1 Å². The van der Waals surface area contributed by atoms with E-state index in [0.717, 1.165) is 24.8 Å². The molecule has 0 bridgehead atoms. The second-order valence-corrected chi connectivity index (χ2v) is 7.40. The summed E-state index contributed by atoms with van der Waals surface area (Å²) in [5.74, 6) is 0. The van der Waals surface area contributed by atoms with E-state index in [2.05, 4.69) is 4.72 Å². The van der Waals surface area contributed by atoms with E-state index in [9.17, 15) is 8.42 Å². The van der Waals surface area contributed by atoms with Gasteiger partial charge in [-0.1, -0.05) is 54.1 Å². The summed E-state index contributed by atoms with van der Waals surface area (Å²) in [6.07, 6.45) is 2.63. The van der Waals surface area contributed by atoms with Crippen LogP contribution in [0.25, 0.3) is 0 Å². The van der Waals surface area contributed by atoms with Crippen molar-refractivity contribution in [3.05, 3.63) is 65.2 Å². The molecule has 1 saturated carbocycles. The summed E-state index contributed by atoms with van der Waals surface area (Å²) in [4.78, 5) is 0.133. The van der Waals surface area contributed by atoms with Gasteiger partial charge in [0.15, 0.2) is 0 Å². The molecule has 1 N–H and O–H groups in total. The number of benzene rings is 2. The average molecular weight is 322 g/mol. The van der Waals surface area contributed by atoms with Crippen molar-refractivity contribution >= 4 is 21.6 Å². The molecule has 0 aromatic heterocycles. The maximum atomic E-state index is 12.6. The van der Waals surface area contributed by atoms with E-state index >= 15 is 0 Å². The lowest BCUT2D eigenvalue weighted by Crippen LogP contribution is -2.50. The van der Waals surface area contributed by atoms with Crippen LogP contribution in [0.3, 0.4) is 0 Å². The summed E-state index contributed by atoms with van der Waals surface area (Å²) < 4.78 is 28.1. The number of nitrogens with one attached hydrogen (secondary N) is 1. The molecule has 0 aliphatic heterocycles. The molecule has 0 atom stereocenters. The van der Waals surface area contributed by atoms with Crippen LogP contribution in [-0.2, 0) is 15.6 Å². The number of hydrogen-bond donors (Lipinski definition) is 1. The monoisotopic (exact) mass is 321 g/mol. The lowest BCUT2D eigenvalue weighted by atomic mass is 9.73. The van der Waals surface area contributed by atoms with Crippen molar-refractivity contribution < 1.29 is 8.42 Å². The van der Waals surface area contributed by atoms with Crippen LogP contribution >= 0.6 is 11.6 Å². The highest BCUT2D eigenvalue weighted by Gasteiger charge is 2.42. The smallest absolute Gasteiger partial charge is 0.207 e. The fourth-order valence-corrected chi connectivity index (χ4v) is 4.68. The van der Waals surface area contributed by atoms with E-state index in [1.807, 2.05) is 30.3 Å². The van der Waals surface area contributed by atoms with Crippen molar-refractivity contribution in [2.24, 2.45) is 0 Å². The molecular weight excluding hydrogens is 306 g/mol. The molecule has 1 fully saturated rings. The molecule has 3 rings (SSSR count). The Kier molecular flexibility index (Phi) is 3.78. The fraction of sp³-hybridized carbons (Fsp3) is 0.250. The van der Waals surface area contributed by atoms with E-state index in [-0.39, 0.29) is 9.92 Å². The lowest BCUT2D eigenvalue weighted by Gasteiger charge is -2.42. The van der Waals surface area contributed by atoms with Crippen molar-refractivity contribution in [3.8, 4) is 0 Å². The van der Waals surface area contributed by atoms with Gasteiger partial charge in [0.05, 0.1) is 10.6 Å². The van der Waals surface area contributed by atoms with Gasteiger partial charge in [-0.15, -0.1) is 0 Å². The van der Waals surface area contributed by atoms with Gasteiger partial charge in [0.2, 0.25) is 10.0 Å². The second kappa shape index (κ2) is 5.44. The van der Waals surface area contributed by atoms with Gasteiger partial charge in [-0.05, 0) is 37.0 Å². The van der Waals surface area contributed by atoms with Crippen LogP contribution in [0.2, 0.25) is 5.02 Å². The highest BCUT2D eigenvalue weighted by molar-refractivity contribution is 7.89. The zero-order valence-corrected chi connectivity index (χ0v) is 13.0. The van der Waals surface area contributed by atoms with Crippen molar-refractivity contribution in [1.29, 1.82) is 0 Å². The summed E-state index contributed by atoms with van der Waals surface area (Å²) in [5.41, 5.74) is 0.506. The van der Waals surface area contributed by atoms with Crippen molar-refractivity contribution in [3.63, 3.8) is 0 Å². The van der Waals surface area contributed by atoms with E-state index in [4.69, 9.17) is 11.6 Å². The van der Waals surface area contributed by atoms with Crippen LogP contribution in [0, 0.1) is 0 Å². The molecule has 0 amide bonds. The molecule has 0 saturated heterocycles. The van der Waals surface area contributed by atoms with Gasteiger partial charge in [0, 0.05) is 0 Å². The first-order valence-electron chi connectivity index (χ1n) is 6.88. The van der Waals surface area contributed by atoms with Gasteiger partial charge in [-0.2, -0.15) is 0 Å². The minimum Gasteiger partial charge on any atom is -0.207 e. The highest BCUT2D eigenvalue weighted by Crippen LogP contribution is 2.42. The third-order valence-corrected chi connectivity index (χ3v) is 6.03. The van der Waals surface area contributed by atoms with Crippen LogP contribution in [-0.4, -0.2) is 8.42 Å². The van der Waals surface area contributed by atoms with Gasteiger partial charge >= 0.3 is 0 Å². The molecule has 1 aliphatic carbocycles. The number of halogens is 1. The summed E-state index contributed by atoms with van der Waals surface area (Å²) in [6, 6.07) is 16.2. The number of rotatable bonds is 4. The van der Waals surface area contributed by atoms with Gasteiger partial charge in [0.25, 0.3) is 0 Å². The fourth-order valence-electron chi connectivity index (χ4n) is 2.71. The Balaban J connectivity index is 1.97. The van der Waals surface area contributed by atoms with Gasteiger partial charge in [0.1, 0.15) is 4.90 Å². The maximum absolute atomic E-state index is 12.6. The predicted octanol–water partition coefficient (Wildman–Crippen LogP) is 3.70. The van der Waals surface area contributed by atoms with Crippen LogP contribution in [0.1, 0.15) is 24.8 Å². The van der Waals surface area contributed by atoms with E-state index < -0.39 is 15.6 Å². The Morgan fingerprint density at radius 1 is 0.952 bits per heavy atom. The molecular formula is C16H16ClNO2S. The van der Waals surface area contributed by atoms with Crippen molar-refractivity contribution in [1.82, 2.24) is 4.72 Å². The zero-order chi connectivity index (χ0) is 14.9. The minimum absolute atomic E-state index is 0.133. The standard InChI is InChI=1S/C16H16ClNO2S/c17-14-9-4-5-10-15(14)21(19,20)18-16(11-6-12-16)13-7-2-1-3-8-13/h1-5,7-10,18H,6,11-12H2. The Morgan fingerprint density at radius 2 is 1.57 bits per heavy atom. The Morgan fingerprint density at radius 3 is 2.14 bits per heavy atom. The topological polar surface area (TPSA) is 46.2 Å². The van der Waals surface area contributed by atoms with Crippen molar-refractivity contribution in [2.75, 3.05) is 0 Å². The molecule has 110 valence electrons. The summed E-state index contributed by atoms with van der Waals surface area (Å²) >= 11 is 6.03. The first kappa shape index (κ1) is 14.6. The quantitative estimate of drug-likeness (QED) is 0.933. The van der Waals surface area contributed by atoms with E-state index in [1.165, 1.54) is 6.07 Å². The third kappa shape index (κ3) is 2.71. The largest absolute Gasteiger partial charge is 0.242 e. The molecule has 0 radical (unpaired) electrons. The Hall–Kier alpha value is -1.36. The Bertz CT molecular complexity index is 740. The maximum Gasteiger partial charge on any atom is 0.242 e. The van der Waals surface area contributed by atoms with Crippen LogP contribution < -0.4 is 4.72 Å². The molecule has 3 nitrogen and oxygen atoms in total. The third-order valence-electron chi connectivity index (χ3n) is 3.99. The van der Waals surface area contributed by atoms with Gasteiger partial charge in [-0.3, -0.25) is 0 Å². The Labute approximate surface area is 130 Å². The van der Waals surface area contributed by atoms with Crippen LogP contribution in [0.5, 0.6) is 0 Å². The highest BCUT2D eigenvalue weighted by atomic mass is 35.5. The van der Waals surface area contributed by atoms with Crippen molar-refractivity contribution in [2.45, 2.75) is 29.7 Å². The molecule has 0 heterocycles. The van der Waals surface area contributed by atoms with E-state index in [1.54, 1.807) is 18.2 Å². The average Bonchev–Trinajstić information content (AvgIpc) is 2.44. The zero-order valence-electron chi connectivity index (χ0n) is 11.4. The summed E-state index contributed by atoms with van der Waals surface area (Å²) in [5, 5.41) is 0.243.